The first-order chi connectivity index (χ1) is 59.7. The van der Waals surface area contributed by atoms with Crippen molar-refractivity contribution in [2.75, 3.05) is 9.80 Å². The molecule has 2 unspecified atom stereocenters. The molecular formula is C112H82F10N2. The van der Waals surface area contributed by atoms with Gasteiger partial charge in [-0.15, -0.1) is 0 Å². The minimum Gasteiger partial charge on any atom is -0.310 e. The van der Waals surface area contributed by atoms with Crippen LogP contribution in [0.4, 0.5) is 78.0 Å². The molecule has 0 saturated heterocycles. The van der Waals surface area contributed by atoms with Crippen LogP contribution in [0.3, 0.4) is 0 Å². The largest absolute Gasteiger partial charge is 0.310 e. The van der Waals surface area contributed by atoms with Crippen LogP contribution in [-0.4, -0.2) is 0 Å². The van der Waals surface area contributed by atoms with E-state index in [2.05, 4.69) is 139 Å². The number of halogens is 10. The number of benzene rings is 15. The molecule has 3 aliphatic rings. The number of hydrogen-bond acceptors (Lipinski definition) is 2. The van der Waals surface area contributed by atoms with Crippen LogP contribution in [-0.2, 0) is 27.1 Å². The molecule has 2 nitrogen and oxygen atoms in total. The molecule has 0 amide bonds. The first kappa shape index (κ1) is 80.9. The lowest BCUT2D eigenvalue weighted by Gasteiger charge is -2.37. The molecule has 0 saturated carbocycles. The topological polar surface area (TPSA) is 6.48 Å². The van der Waals surface area contributed by atoms with Gasteiger partial charge in [0.25, 0.3) is 0 Å². The fourth-order valence-electron chi connectivity index (χ4n) is 19.3. The Morgan fingerprint density at radius 2 is 0.556 bits per heavy atom. The highest BCUT2D eigenvalue weighted by atomic mass is 19.2. The third-order valence-electron chi connectivity index (χ3n) is 25.3. The Morgan fingerprint density at radius 3 is 0.919 bits per heavy atom. The van der Waals surface area contributed by atoms with Crippen LogP contribution in [0.15, 0.2) is 347 Å². The number of nitrogens with zero attached hydrogens (tertiary/aromatic N) is 2. The number of anilines is 6. The molecule has 0 aromatic heterocycles. The van der Waals surface area contributed by atoms with Gasteiger partial charge in [-0.25, -0.2) is 43.9 Å². The molecule has 124 heavy (non-hydrogen) atoms. The Kier molecular flexibility index (Phi) is 20.1. The van der Waals surface area contributed by atoms with Gasteiger partial charge in [-0.1, -0.05) is 322 Å². The van der Waals surface area contributed by atoms with Crippen molar-refractivity contribution in [3.8, 4) is 44.5 Å². The van der Waals surface area contributed by atoms with Gasteiger partial charge in [-0.2, -0.15) is 0 Å². The van der Waals surface area contributed by atoms with Crippen molar-refractivity contribution >= 4 is 51.8 Å². The van der Waals surface area contributed by atoms with Gasteiger partial charge in [-0.05, 0) is 224 Å². The molecule has 0 aliphatic heterocycles. The zero-order valence-corrected chi connectivity index (χ0v) is 69.0. The molecule has 3 aliphatic carbocycles. The smallest absolute Gasteiger partial charge is 0.200 e. The maximum atomic E-state index is 17.7. The van der Waals surface area contributed by atoms with E-state index in [-0.39, 0.29) is 44.2 Å². The summed E-state index contributed by atoms with van der Waals surface area (Å²) in [4.78, 5) is 4.09. The molecule has 0 heterocycles. The first-order valence-corrected chi connectivity index (χ1v) is 41.1. The Bertz CT molecular complexity index is 6780. The van der Waals surface area contributed by atoms with Gasteiger partial charge in [0, 0.05) is 45.3 Å². The van der Waals surface area contributed by atoms with Crippen molar-refractivity contribution in [3.63, 3.8) is 0 Å². The first-order valence-electron chi connectivity index (χ1n) is 41.1. The zero-order chi connectivity index (χ0) is 86.8. The third kappa shape index (κ3) is 12.5. The molecule has 18 rings (SSSR count). The van der Waals surface area contributed by atoms with Gasteiger partial charge in [0.2, 0.25) is 11.6 Å². The number of rotatable bonds is 18. The van der Waals surface area contributed by atoms with E-state index in [0.717, 1.165) is 66.8 Å². The van der Waals surface area contributed by atoms with Gasteiger partial charge in [0.1, 0.15) is 0 Å². The van der Waals surface area contributed by atoms with Gasteiger partial charge in [0.15, 0.2) is 46.5 Å². The summed E-state index contributed by atoms with van der Waals surface area (Å²) in [5, 5.41) is 0. The predicted molar refractivity (Wildman–Crippen MR) is 483 cm³/mol. The van der Waals surface area contributed by atoms with E-state index in [1.165, 1.54) is 0 Å². The van der Waals surface area contributed by atoms with E-state index >= 15 is 43.9 Å². The van der Waals surface area contributed by atoms with Crippen LogP contribution in [0.25, 0.3) is 62.2 Å². The van der Waals surface area contributed by atoms with Crippen molar-refractivity contribution < 1.29 is 43.9 Å². The summed E-state index contributed by atoms with van der Waals surface area (Å²) >= 11 is 0. The third-order valence-corrected chi connectivity index (χ3v) is 25.3. The monoisotopic (exact) mass is 1640 g/mol. The van der Waals surface area contributed by atoms with Crippen LogP contribution < -0.4 is 9.80 Å². The van der Waals surface area contributed by atoms with Gasteiger partial charge in [-0.3, -0.25) is 0 Å². The number of hydrogen-bond donors (Lipinski definition) is 0. The van der Waals surface area contributed by atoms with Gasteiger partial charge >= 0.3 is 0 Å². The predicted octanol–water partition coefficient (Wildman–Crippen LogP) is 30.8. The Balaban J connectivity index is 0.923. The van der Waals surface area contributed by atoms with Crippen LogP contribution >= 0.6 is 0 Å². The Morgan fingerprint density at radius 1 is 0.266 bits per heavy atom. The Labute approximate surface area is 715 Å². The summed E-state index contributed by atoms with van der Waals surface area (Å²) in [6.45, 7) is 26.8. The number of fused-ring (bicyclic) bond motifs is 7. The summed E-state index contributed by atoms with van der Waals surface area (Å²) in [7, 11) is 0. The average Bonchev–Trinajstić information content (AvgIpc) is 1.54. The van der Waals surface area contributed by atoms with Crippen molar-refractivity contribution in [1.82, 2.24) is 0 Å². The quantitative estimate of drug-likeness (QED) is 0.0480. The maximum Gasteiger partial charge on any atom is 0.200 e. The highest BCUT2D eigenvalue weighted by Gasteiger charge is 2.55. The average molecular weight is 1650 g/mol. The summed E-state index contributed by atoms with van der Waals surface area (Å²) in [6.07, 6.45) is 8.03. The fraction of sp³-hybridized carbons (Fsp3) is 0.107. The molecule has 0 fully saturated rings. The van der Waals surface area contributed by atoms with Crippen LogP contribution in [0, 0.1) is 58.2 Å². The molecule has 2 atom stereocenters. The molecule has 15 aromatic rings. The van der Waals surface area contributed by atoms with Crippen LogP contribution in [0.5, 0.6) is 0 Å². The van der Waals surface area contributed by atoms with Gasteiger partial charge in [0.05, 0.1) is 16.2 Å². The van der Waals surface area contributed by atoms with Gasteiger partial charge < -0.3 is 9.80 Å². The van der Waals surface area contributed by atoms with Crippen LogP contribution in [0.1, 0.15) is 137 Å². The Hall–Kier alpha value is -14.1. The van der Waals surface area contributed by atoms with Crippen LogP contribution in [0.2, 0.25) is 0 Å². The minimum absolute atomic E-state index is 0.189. The second kappa shape index (κ2) is 30.8. The van der Waals surface area contributed by atoms with E-state index in [1.807, 2.05) is 150 Å². The zero-order valence-electron chi connectivity index (χ0n) is 69.0. The second-order valence-electron chi connectivity index (χ2n) is 33.9. The molecule has 0 spiro atoms. The highest BCUT2D eigenvalue weighted by Crippen LogP contribution is 2.64. The SMILES string of the molecule is C=CC1=C(/C=C\C)C(c2ccc(C=C)cc2)(c2c(F)c(F)c(F)c(F)c2F)c2cc(N(c3ccc(-c4ccccc4)cc3)c3ccc4c(c3)C(c3ccc(C(C)(C)C)cc3)(c3ccc(C(C)(C)C)cc3)c3cc(N(c5ccc(-c6ccccc6)cc5)c5ccc6c(c5)C(c5ccc(C=C)cc5)(c5c(F)c(F)c(F)c(F)c5F)c5ccccc5-6)ccc3-4)ccc21. The standard InChI is InChI=1S/C112H82F10N2/c1-11-23-90-84(14-4)86-58-54-82(64-94(86)111(90,76-38-30-66(12-2)31-39-76)96-98(113)102(117)106(121)103(118)99(96)114)123(78-50-34-70(35-51-78)68-24-17-15-18-25-68)80-56-60-88-89-61-57-81(63-93(89)110(92(88)62-80,74-46-42-72(43-47-74)108(5,6)7)75-48-44-73(45-49-75)109(8,9)10)124(79-52-36-71(37-53-79)69-26-19-16-20-27-69)83-55-59-87-85-28-21-22-29-91(85)112(95(87)65-83,77-40-32-67(13-3)33-41-77)97-100(115)104(119)107(122)105(120)101(97)116/h11-65H,2-4H2,1,5-10H3/b23-11-. The van der Waals surface area contributed by atoms with Crippen molar-refractivity contribution in [2.45, 2.75) is 75.5 Å². The molecule has 0 radical (unpaired) electrons. The summed E-state index contributed by atoms with van der Waals surface area (Å²) in [5.41, 5.74) is 10.2. The lowest BCUT2D eigenvalue weighted by Crippen LogP contribution is -2.33. The molecule has 15 aromatic carbocycles. The summed E-state index contributed by atoms with van der Waals surface area (Å²) < 4.78 is 168. The summed E-state index contributed by atoms with van der Waals surface area (Å²) in [6, 6.07) is 97.1. The van der Waals surface area contributed by atoms with E-state index in [0.29, 0.717) is 67.5 Å². The van der Waals surface area contributed by atoms with E-state index in [4.69, 9.17) is 0 Å². The van der Waals surface area contributed by atoms with E-state index < -0.39 is 85.5 Å². The number of allylic oxidation sites excluding steroid dienone is 5. The normalized spacial score (nSPS) is 15.5. The second-order valence-corrected chi connectivity index (χ2v) is 33.9. The lowest BCUT2D eigenvalue weighted by molar-refractivity contribution is 0.363. The maximum absolute atomic E-state index is 17.7. The summed E-state index contributed by atoms with van der Waals surface area (Å²) in [5.74, 6) is -21.0. The molecular weight excluding hydrogens is 1560 g/mol. The van der Waals surface area contributed by atoms with E-state index in [1.54, 1.807) is 122 Å². The molecule has 12 heteroatoms. The molecule has 0 N–H and O–H groups in total. The lowest BCUT2D eigenvalue weighted by atomic mass is 9.66. The molecule has 610 valence electrons. The van der Waals surface area contributed by atoms with Crippen molar-refractivity contribution in [3.05, 3.63) is 494 Å². The molecule has 0 bridgehead atoms. The fourth-order valence-corrected chi connectivity index (χ4v) is 19.3. The van der Waals surface area contributed by atoms with E-state index in [9.17, 15) is 0 Å². The highest BCUT2D eigenvalue weighted by molar-refractivity contribution is 5.97. The minimum atomic E-state index is -2.30. The van der Waals surface area contributed by atoms with Crippen molar-refractivity contribution in [2.24, 2.45) is 0 Å². The van der Waals surface area contributed by atoms with Crippen molar-refractivity contribution in [1.29, 1.82) is 0 Å².